The molecule has 2 aliphatic rings. The van der Waals surface area contributed by atoms with Crippen molar-refractivity contribution in [1.82, 2.24) is 15.8 Å². The van der Waals surface area contributed by atoms with E-state index in [0.29, 0.717) is 23.8 Å². The number of nitrogens with one attached hydrogen (secondary N) is 2. The predicted octanol–water partition coefficient (Wildman–Crippen LogP) is 1.63. The van der Waals surface area contributed by atoms with Crippen LogP contribution in [0, 0.1) is 12.8 Å². The molecule has 1 saturated heterocycles. The summed E-state index contributed by atoms with van der Waals surface area (Å²) in [7, 11) is 0. The lowest BCUT2D eigenvalue weighted by Gasteiger charge is -2.26. The van der Waals surface area contributed by atoms with Crippen LogP contribution in [-0.4, -0.2) is 43.1 Å². The number of hydrazine groups is 1. The van der Waals surface area contributed by atoms with E-state index >= 15 is 0 Å². The number of morpholine rings is 1. The van der Waals surface area contributed by atoms with Gasteiger partial charge >= 0.3 is 0 Å². The van der Waals surface area contributed by atoms with Crippen molar-refractivity contribution in [3.8, 4) is 0 Å². The van der Waals surface area contributed by atoms with Crippen LogP contribution in [0.15, 0.2) is 0 Å². The molecule has 7 nitrogen and oxygen atoms in total. The van der Waals surface area contributed by atoms with Crippen molar-refractivity contribution >= 4 is 28.3 Å². The van der Waals surface area contributed by atoms with Gasteiger partial charge in [0.2, 0.25) is 5.91 Å². The average Bonchev–Trinajstić information content (AvgIpc) is 3.03. The summed E-state index contributed by atoms with van der Waals surface area (Å²) in [5.74, 6) is -0.363. The maximum atomic E-state index is 12.4. The Morgan fingerprint density at radius 2 is 1.88 bits per heavy atom. The number of hydrogen-bond acceptors (Lipinski definition) is 6. The van der Waals surface area contributed by atoms with Gasteiger partial charge in [-0.2, -0.15) is 0 Å². The van der Waals surface area contributed by atoms with Crippen molar-refractivity contribution in [3.63, 3.8) is 0 Å². The molecule has 1 aromatic rings. The van der Waals surface area contributed by atoms with E-state index in [1.165, 1.54) is 17.8 Å². The molecule has 1 aromatic heterocycles. The summed E-state index contributed by atoms with van der Waals surface area (Å²) in [5.41, 5.74) is 5.80. The summed E-state index contributed by atoms with van der Waals surface area (Å²) in [6.45, 7) is 4.74. The molecule has 0 bridgehead atoms. The van der Waals surface area contributed by atoms with Gasteiger partial charge in [-0.3, -0.25) is 20.4 Å². The van der Waals surface area contributed by atoms with E-state index in [9.17, 15) is 9.59 Å². The standard InChI is InChI=1S/C16H24N4O3S/c1-11-13(24-16(17-11)20-7-9-23-10-8-20)15(22)19-18-14(21)12-5-3-2-4-6-12/h12H,2-10H2,1H3,(H,18,21)(H,19,22). The van der Waals surface area contributed by atoms with Gasteiger partial charge in [-0.05, 0) is 19.8 Å². The van der Waals surface area contributed by atoms with Gasteiger partial charge in [0.25, 0.3) is 5.91 Å². The Hall–Kier alpha value is -1.67. The third-order valence-corrected chi connectivity index (χ3v) is 5.77. The first kappa shape index (κ1) is 17.2. The highest BCUT2D eigenvalue weighted by atomic mass is 32.1. The predicted molar refractivity (Wildman–Crippen MR) is 92.1 cm³/mol. The average molecular weight is 352 g/mol. The summed E-state index contributed by atoms with van der Waals surface area (Å²) in [5, 5.41) is 0.833. The molecule has 0 radical (unpaired) electrons. The molecule has 0 unspecified atom stereocenters. The molecule has 8 heteroatoms. The third kappa shape index (κ3) is 4.05. The number of anilines is 1. The van der Waals surface area contributed by atoms with Crippen LogP contribution in [0.25, 0.3) is 0 Å². The molecule has 3 rings (SSSR count). The van der Waals surface area contributed by atoms with Gasteiger partial charge in [0.05, 0.1) is 18.9 Å². The molecular formula is C16H24N4O3S. The van der Waals surface area contributed by atoms with E-state index < -0.39 is 0 Å². The highest BCUT2D eigenvalue weighted by molar-refractivity contribution is 7.17. The molecule has 1 aliphatic carbocycles. The summed E-state index contributed by atoms with van der Waals surface area (Å²) in [6, 6.07) is 0. The fourth-order valence-corrected chi connectivity index (χ4v) is 4.14. The molecule has 2 N–H and O–H groups in total. The van der Waals surface area contributed by atoms with Gasteiger partial charge in [-0.25, -0.2) is 4.98 Å². The van der Waals surface area contributed by atoms with Gasteiger partial charge < -0.3 is 9.64 Å². The zero-order valence-electron chi connectivity index (χ0n) is 14.0. The first-order valence-electron chi connectivity index (χ1n) is 8.55. The Morgan fingerprint density at radius 1 is 1.17 bits per heavy atom. The van der Waals surface area contributed by atoms with Crippen LogP contribution in [0.2, 0.25) is 0 Å². The topological polar surface area (TPSA) is 83.6 Å². The number of aryl methyl sites for hydroxylation is 1. The monoisotopic (exact) mass is 352 g/mol. The Labute approximate surface area is 145 Å². The van der Waals surface area contributed by atoms with Crippen LogP contribution in [0.1, 0.15) is 47.5 Å². The lowest BCUT2D eigenvalue weighted by Crippen LogP contribution is -2.44. The van der Waals surface area contributed by atoms with E-state index in [1.807, 2.05) is 6.92 Å². The Balaban J connectivity index is 1.56. The van der Waals surface area contributed by atoms with E-state index in [2.05, 4.69) is 20.7 Å². The maximum absolute atomic E-state index is 12.4. The molecule has 0 atom stereocenters. The second-order valence-electron chi connectivity index (χ2n) is 6.29. The van der Waals surface area contributed by atoms with Crippen molar-refractivity contribution in [3.05, 3.63) is 10.6 Å². The molecular weight excluding hydrogens is 328 g/mol. The van der Waals surface area contributed by atoms with Crippen LogP contribution >= 0.6 is 11.3 Å². The fraction of sp³-hybridized carbons (Fsp3) is 0.688. The lowest BCUT2D eigenvalue weighted by molar-refractivity contribution is -0.126. The third-order valence-electron chi connectivity index (χ3n) is 4.55. The van der Waals surface area contributed by atoms with Gasteiger partial charge in [0, 0.05) is 19.0 Å². The summed E-state index contributed by atoms with van der Waals surface area (Å²) in [4.78, 5) is 31.6. The van der Waals surface area contributed by atoms with Gasteiger partial charge in [-0.1, -0.05) is 30.6 Å². The smallest absolute Gasteiger partial charge is 0.281 e. The lowest BCUT2D eigenvalue weighted by atomic mass is 9.89. The minimum Gasteiger partial charge on any atom is -0.378 e. The molecule has 2 fully saturated rings. The largest absolute Gasteiger partial charge is 0.378 e. The Bertz CT molecular complexity index is 592. The number of carbonyl (C=O) groups is 2. The summed E-state index contributed by atoms with van der Waals surface area (Å²) >= 11 is 1.36. The van der Waals surface area contributed by atoms with E-state index in [4.69, 9.17) is 4.74 Å². The number of nitrogens with zero attached hydrogens (tertiary/aromatic N) is 2. The minimum atomic E-state index is -0.298. The van der Waals surface area contributed by atoms with Gasteiger partial charge in [0.15, 0.2) is 5.13 Å². The van der Waals surface area contributed by atoms with Crippen molar-refractivity contribution in [1.29, 1.82) is 0 Å². The number of aromatic nitrogens is 1. The summed E-state index contributed by atoms with van der Waals surface area (Å²) in [6.07, 6.45) is 5.18. The van der Waals surface area contributed by atoms with Crippen molar-refractivity contribution in [2.24, 2.45) is 5.92 Å². The minimum absolute atomic E-state index is 0.0190. The highest BCUT2D eigenvalue weighted by Gasteiger charge is 2.23. The van der Waals surface area contributed by atoms with Crippen LogP contribution in [0.5, 0.6) is 0 Å². The molecule has 0 aromatic carbocycles. The van der Waals surface area contributed by atoms with Crippen LogP contribution < -0.4 is 15.8 Å². The zero-order chi connectivity index (χ0) is 16.9. The van der Waals surface area contributed by atoms with Gasteiger partial charge in [0.1, 0.15) is 4.88 Å². The molecule has 1 saturated carbocycles. The van der Waals surface area contributed by atoms with Crippen molar-refractivity contribution in [2.45, 2.75) is 39.0 Å². The van der Waals surface area contributed by atoms with Crippen LogP contribution in [0.4, 0.5) is 5.13 Å². The quantitative estimate of drug-likeness (QED) is 0.808. The Morgan fingerprint density at radius 3 is 2.58 bits per heavy atom. The Kier molecular flexibility index (Phi) is 5.68. The SMILES string of the molecule is Cc1nc(N2CCOCC2)sc1C(=O)NNC(=O)C1CCCCC1. The number of hydrogen-bond donors (Lipinski definition) is 2. The zero-order valence-corrected chi connectivity index (χ0v) is 14.8. The number of carbonyl (C=O) groups excluding carboxylic acids is 2. The number of thiazole rings is 1. The molecule has 2 amide bonds. The second kappa shape index (κ2) is 7.94. The fourth-order valence-electron chi connectivity index (χ4n) is 3.12. The van der Waals surface area contributed by atoms with Gasteiger partial charge in [-0.15, -0.1) is 0 Å². The summed E-state index contributed by atoms with van der Waals surface area (Å²) < 4.78 is 5.34. The van der Waals surface area contributed by atoms with Crippen LogP contribution in [0.3, 0.4) is 0 Å². The van der Waals surface area contributed by atoms with Crippen molar-refractivity contribution < 1.29 is 14.3 Å². The molecule has 0 spiro atoms. The number of amides is 2. The molecule has 132 valence electrons. The first-order valence-corrected chi connectivity index (χ1v) is 9.37. The van der Waals surface area contributed by atoms with E-state index in [1.54, 1.807) is 0 Å². The molecule has 2 heterocycles. The molecule has 24 heavy (non-hydrogen) atoms. The number of rotatable bonds is 3. The highest BCUT2D eigenvalue weighted by Crippen LogP contribution is 2.27. The second-order valence-corrected chi connectivity index (χ2v) is 7.27. The van der Waals surface area contributed by atoms with Crippen LogP contribution in [-0.2, 0) is 9.53 Å². The first-order chi connectivity index (χ1) is 11.6. The maximum Gasteiger partial charge on any atom is 0.281 e. The van der Waals surface area contributed by atoms with Crippen molar-refractivity contribution in [2.75, 3.05) is 31.2 Å². The normalized spacial score (nSPS) is 19.1. The van der Waals surface area contributed by atoms with E-state index in [-0.39, 0.29) is 17.7 Å². The molecule has 1 aliphatic heterocycles. The number of ether oxygens (including phenoxy) is 1. The van der Waals surface area contributed by atoms with E-state index in [0.717, 1.165) is 43.9 Å².